The van der Waals surface area contributed by atoms with Gasteiger partial charge in [-0.05, 0) is 83.5 Å². The Kier molecular flexibility index (Phi) is 79.8. The highest BCUT2D eigenvalue weighted by molar-refractivity contribution is 5.76. The van der Waals surface area contributed by atoms with Crippen molar-refractivity contribution in [2.45, 2.75) is 488 Å². The Labute approximate surface area is 576 Å². The van der Waals surface area contributed by atoms with Crippen LogP contribution in [-0.4, -0.2) is 47.4 Å². The Hall–Kier alpha value is -1.92. The first kappa shape index (κ1) is 90.1. The molecule has 0 radical (unpaired) electrons. The van der Waals surface area contributed by atoms with E-state index in [-0.39, 0.29) is 18.5 Å². The van der Waals surface area contributed by atoms with E-state index in [4.69, 9.17) is 4.74 Å². The lowest BCUT2D eigenvalue weighted by molar-refractivity contribution is -0.143. The molecule has 2 atom stereocenters. The Morgan fingerprint density at radius 1 is 0.304 bits per heavy atom. The molecule has 92 heavy (non-hydrogen) atoms. The minimum Gasteiger partial charge on any atom is -0.466 e. The zero-order chi connectivity index (χ0) is 66.3. The van der Waals surface area contributed by atoms with E-state index in [2.05, 4.69) is 55.6 Å². The quantitative estimate of drug-likeness (QED) is 0.0320. The minimum absolute atomic E-state index is 0.0185. The highest BCUT2D eigenvalue weighted by atomic mass is 16.5. The third-order valence-electron chi connectivity index (χ3n) is 19.9. The van der Waals surface area contributed by atoms with Crippen molar-refractivity contribution >= 4 is 11.9 Å². The Balaban J connectivity index is 3.32. The summed E-state index contributed by atoms with van der Waals surface area (Å²) in [6.45, 7) is 4.98. The number of hydrogen-bond donors (Lipinski definition) is 3. The number of aliphatic hydroxyl groups is 2. The van der Waals surface area contributed by atoms with Crippen molar-refractivity contribution in [2.24, 2.45) is 0 Å². The van der Waals surface area contributed by atoms with E-state index in [1.54, 1.807) is 0 Å². The first-order chi connectivity index (χ1) is 45.5. The SMILES string of the molecule is CCCCC/C=C\C/C=C\CCCCCCCCCCCC(=O)OCCCCCCCCCCCCCCCCCC/C=C\CCCCCCCCCCCCCCCCCCCC(=O)NC(CO)C(O)CCCCCCCCCCCCCCCCCCCCC. The number of ether oxygens (including phenoxy) is 1. The Morgan fingerprint density at radius 3 is 0.859 bits per heavy atom. The van der Waals surface area contributed by atoms with Crippen LogP contribution in [0, 0.1) is 0 Å². The van der Waals surface area contributed by atoms with Gasteiger partial charge in [0.2, 0.25) is 5.91 Å². The van der Waals surface area contributed by atoms with E-state index in [0.29, 0.717) is 25.9 Å². The number of carbonyl (C=O) groups excluding carboxylic acids is 2. The summed E-state index contributed by atoms with van der Waals surface area (Å²) in [6, 6.07) is -0.539. The smallest absolute Gasteiger partial charge is 0.305 e. The number of aliphatic hydroxyl groups excluding tert-OH is 2. The monoisotopic (exact) mass is 1290 g/mol. The summed E-state index contributed by atoms with van der Waals surface area (Å²) in [5.41, 5.74) is 0. The summed E-state index contributed by atoms with van der Waals surface area (Å²) in [4.78, 5) is 24.7. The molecule has 0 aliphatic heterocycles. The molecule has 0 saturated carbocycles. The zero-order valence-electron chi connectivity index (χ0n) is 62.6. The minimum atomic E-state index is -0.662. The maximum Gasteiger partial charge on any atom is 0.305 e. The fraction of sp³-hybridized carbons (Fsp3) is 0.907. The van der Waals surface area contributed by atoms with Gasteiger partial charge < -0.3 is 20.3 Å². The number of carbonyl (C=O) groups is 2. The van der Waals surface area contributed by atoms with Gasteiger partial charge in [0, 0.05) is 12.8 Å². The van der Waals surface area contributed by atoms with Crippen molar-refractivity contribution < 1.29 is 24.5 Å². The number of amides is 1. The second-order valence-electron chi connectivity index (χ2n) is 29.2. The Bertz CT molecular complexity index is 1490. The van der Waals surface area contributed by atoms with Gasteiger partial charge in [-0.2, -0.15) is 0 Å². The van der Waals surface area contributed by atoms with E-state index in [1.807, 2.05) is 0 Å². The summed E-state index contributed by atoms with van der Waals surface area (Å²) in [7, 11) is 0. The number of rotatable bonds is 80. The molecule has 0 aromatic carbocycles. The Morgan fingerprint density at radius 2 is 0.543 bits per heavy atom. The second kappa shape index (κ2) is 81.5. The summed E-state index contributed by atoms with van der Waals surface area (Å²) >= 11 is 0. The fourth-order valence-corrected chi connectivity index (χ4v) is 13.5. The maximum atomic E-state index is 12.6. The van der Waals surface area contributed by atoms with Crippen molar-refractivity contribution in [1.82, 2.24) is 5.32 Å². The molecule has 0 spiro atoms. The third-order valence-corrected chi connectivity index (χ3v) is 19.9. The highest BCUT2D eigenvalue weighted by Crippen LogP contribution is 2.20. The highest BCUT2D eigenvalue weighted by Gasteiger charge is 2.20. The average Bonchev–Trinajstić information content (AvgIpc) is 3.61. The van der Waals surface area contributed by atoms with Gasteiger partial charge in [0.25, 0.3) is 0 Å². The van der Waals surface area contributed by atoms with Gasteiger partial charge in [0.15, 0.2) is 0 Å². The van der Waals surface area contributed by atoms with Crippen molar-refractivity contribution in [1.29, 1.82) is 0 Å². The normalized spacial score (nSPS) is 12.6. The van der Waals surface area contributed by atoms with E-state index in [9.17, 15) is 19.8 Å². The topological polar surface area (TPSA) is 95.9 Å². The van der Waals surface area contributed by atoms with Gasteiger partial charge in [-0.1, -0.05) is 416 Å². The van der Waals surface area contributed by atoms with E-state index >= 15 is 0 Å². The summed E-state index contributed by atoms with van der Waals surface area (Å²) in [5, 5.41) is 23.4. The van der Waals surface area contributed by atoms with Gasteiger partial charge in [0.05, 0.1) is 25.4 Å². The molecule has 0 bridgehead atoms. The third kappa shape index (κ3) is 77.1. The summed E-state index contributed by atoms with van der Waals surface area (Å²) < 4.78 is 5.52. The first-order valence-electron chi connectivity index (χ1n) is 42.2. The van der Waals surface area contributed by atoms with Crippen LogP contribution in [0.4, 0.5) is 0 Å². The molecule has 0 fully saturated rings. The average molecular weight is 1290 g/mol. The van der Waals surface area contributed by atoms with Crippen molar-refractivity contribution in [3.63, 3.8) is 0 Å². The van der Waals surface area contributed by atoms with Crippen LogP contribution in [0.1, 0.15) is 476 Å². The number of allylic oxidation sites excluding steroid dienone is 6. The molecule has 3 N–H and O–H groups in total. The summed E-state index contributed by atoms with van der Waals surface area (Å²) in [6.07, 6.45) is 107. The molecule has 0 rings (SSSR count). The zero-order valence-corrected chi connectivity index (χ0v) is 62.6. The van der Waals surface area contributed by atoms with Crippen LogP contribution in [0.15, 0.2) is 36.5 Å². The van der Waals surface area contributed by atoms with E-state index < -0.39 is 12.1 Å². The van der Waals surface area contributed by atoms with Gasteiger partial charge >= 0.3 is 5.97 Å². The van der Waals surface area contributed by atoms with E-state index in [1.165, 1.54) is 398 Å². The molecular weight excluding hydrogens is 1130 g/mol. The van der Waals surface area contributed by atoms with Crippen LogP contribution < -0.4 is 5.32 Å². The molecule has 0 aromatic rings. The lowest BCUT2D eigenvalue weighted by atomic mass is 10.0. The lowest BCUT2D eigenvalue weighted by Gasteiger charge is -2.22. The van der Waals surface area contributed by atoms with Crippen LogP contribution in [0.25, 0.3) is 0 Å². The molecule has 544 valence electrons. The maximum absolute atomic E-state index is 12.6. The molecule has 0 aliphatic carbocycles. The van der Waals surface area contributed by atoms with Gasteiger partial charge in [-0.25, -0.2) is 0 Å². The molecule has 6 nitrogen and oxygen atoms in total. The number of unbranched alkanes of at least 4 members (excludes halogenated alkanes) is 63. The molecule has 0 heterocycles. The summed E-state index contributed by atoms with van der Waals surface area (Å²) in [5.74, 6) is -0.00754. The van der Waals surface area contributed by atoms with Crippen LogP contribution in [0.3, 0.4) is 0 Å². The molecule has 1 amide bonds. The molecule has 2 unspecified atom stereocenters. The molecule has 0 aromatic heterocycles. The van der Waals surface area contributed by atoms with Crippen LogP contribution in [-0.2, 0) is 14.3 Å². The standard InChI is InChI=1S/C86H165NO5/c1-3-5-7-9-11-13-15-17-19-21-42-46-50-54-58-62-66-70-74-78-84(89)83(82-88)87-85(90)79-75-71-67-63-59-55-51-47-44-40-38-36-34-32-30-28-26-24-23-25-27-29-31-33-35-37-39-41-45-49-53-57-61-65-69-73-77-81-92-86(91)80-76-72-68-64-60-56-52-48-43-22-20-18-16-14-12-10-8-6-4-2/h12,14,18,20,23,25,83-84,88-89H,3-11,13,15-17,19,21-22,24,26-82H2,1-2H3,(H,87,90)/b14-12-,20-18-,25-23-. The first-order valence-corrected chi connectivity index (χ1v) is 42.2. The second-order valence-corrected chi connectivity index (χ2v) is 29.2. The van der Waals surface area contributed by atoms with Crippen LogP contribution >= 0.6 is 0 Å². The van der Waals surface area contributed by atoms with Crippen molar-refractivity contribution in [3.05, 3.63) is 36.5 Å². The number of nitrogens with one attached hydrogen (secondary N) is 1. The van der Waals surface area contributed by atoms with Gasteiger partial charge in [-0.3, -0.25) is 9.59 Å². The van der Waals surface area contributed by atoms with E-state index in [0.717, 1.165) is 44.9 Å². The predicted octanol–water partition coefficient (Wildman–Crippen LogP) is 28.2. The van der Waals surface area contributed by atoms with Crippen molar-refractivity contribution in [2.75, 3.05) is 13.2 Å². The largest absolute Gasteiger partial charge is 0.466 e. The molecule has 0 saturated heterocycles. The molecule has 6 heteroatoms. The predicted molar refractivity (Wildman–Crippen MR) is 407 cm³/mol. The lowest BCUT2D eigenvalue weighted by Crippen LogP contribution is -2.45. The van der Waals surface area contributed by atoms with Crippen LogP contribution in [0.5, 0.6) is 0 Å². The van der Waals surface area contributed by atoms with Crippen molar-refractivity contribution in [3.8, 4) is 0 Å². The molecule has 0 aliphatic rings. The molecular formula is C86H165NO5. The number of hydrogen-bond acceptors (Lipinski definition) is 5. The van der Waals surface area contributed by atoms with Gasteiger partial charge in [-0.15, -0.1) is 0 Å². The fourth-order valence-electron chi connectivity index (χ4n) is 13.5. The number of esters is 1. The van der Waals surface area contributed by atoms with Gasteiger partial charge in [0.1, 0.15) is 0 Å². The van der Waals surface area contributed by atoms with Crippen LogP contribution in [0.2, 0.25) is 0 Å².